The van der Waals surface area contributed by atoms with E-state index in [0.29, 0.717) is 6.61 Å². The predicted molar refractivity (Wildman–Crippen MR) is 109 cm³/mol. The summed E-state index contributed by atoms with van der Waals surface area (Å²) in [5.41, 5.74) is 3.91. The molecule has 1 N–H and O–H groups in total. The van der Waals surface area contributed by atoms with Crippen molar-refractivity contribution < 1.29 is 9.66 Å². The molecule has 1 aromatic heterocycles. The molecule has 4 rings (SSSR count). The third kappa shape index (κ3) is 3.88. The summed E-state index contributed by atoms with van der Waals surface area (Å²) in [4.78, 5) is 14.3. The Labute approximate surface area is 162 Å². The SMILES string of the molecule is O=[N+]([O-])C[C@H](c1ccc(OCc2ccccc2)cc1)c1c[nH]c2ccccc12. The number of nitrogens with zero attached hydrogens (tertiary/aromatic N) is 1. The van der Waals surface area contributed by atoms with Crippen LogP contribution in [-0.2, 0) is 6.61 Å². The minimum absolute atomic E-state index is 0.161. The van der Waals surface area contributed by atoms with Gasteiger partial charge in [0.2, 0.25) is 6.54 Å². The molecule has 0 radical (unpaired) electrons. The van der Waals surface area contributed by atoms with Crippen molar-refractivity contribution in [2.45, 2.75) is 12.5 Å². The van der Waals surface area contributed by atoms with Crippen LogP contribution in [0, 0.1) is 10.1 Å². The summed E-state index contributed by atoms with van der Waals surface area (Å²) >= 11 is 0. The third-order valence-corrected chi connectivity index (χ3v) is 4.86. The first-order chi connectivity index (χ1) is 13.7. The molecule has 3 aromatic carbocycles. The fourth-order valence-corrected chi connectivity index (χ4v) is 3.45. The zero-order valence-corrected chi connectivity index (χ0v) is 15.2. The van der Waals surface area contributed by atoms with Crippen molar-refractivity contribution in [1.29, 1.82) is 0 Å². The number of aromatic nitrogens is 1. The molecule has 5 heteroatoms. The normalized spacial score (nSPS) is 12.0. The maximum absolute atomic E-state index is 11.3. The number of aromatic amines is 1. The second-order valence-corrected chi connectivity index (χ2v) is 6.70. The molecule has 28 heavy (non-hydrogen) atoms. The van der Waals surface area contributed by atoms with Crippen LogP contribution in [0.15, 0.2) is 85.1 Å². The number of para-hydroxylation sites is 1. The van der Waals surface area contributed by atoms with Crippen molar-refractivity contribution in [2.24, 2.45) is 0 Å². The van der Waals surface area contributed by atoms with E-state index in [4.69, 9.17) is 4.74 Å². The van der Waals surface area contributed by atoms with Crippen molar-refractivity contribution in [1.82, 2.24) is 4.98 Å². The number of rotatable bonds is 7. The Hall–Kier alpha value is -3.60. The summed E-state index contributed by atoms with van der Waals surface area (Å²) in [7, 11) is 0. The van der Waals surface area contributed by atoms with Gasteiger partial charge in [-0.25, -0.2) is 0 Å². The summed E-state index contributed by atoms with van der Waals surface area (Å²) in [5.74, 6) is 0.417. The molecule has 4 aromatic rings. The maximum Gasteiger partial charge on any atom is 0.214 e. The molecule has 0 spiro atoms. The van der Waals surface area contributed by atoms with Crippen LogP contribution in [0.2, 0.25) is 0 Å². The summed E-state index contributed by atoms with van der Waals surface area (Å²) in [6, 6.07) is 25.4. The molecule has 0 saturated carbocycles. The quantitative estimate of drug-likeness (QED) is 0.360. The fourth-order valence-electron chi connectivity index (χ4n) is 3.45. The highest BCUT2D eigenvalue weighted by Crippen LogP contribution is 2.32. The van der Waals surface area contributed by atoms with Crippen LogP contribution < -0.4 is 4.74 Å². The van der Waals surface area contributed by atoms with Gasteiger partial charge in [0.25, 0.3) is 0 Å². The highest BCUT2D eigenvalue weighted by atomic mass is 16.6. The van der Waals surface area contributed by atoms with Crippen LogP contribution in [0.5, 0.6) is 5.75 Å². The highest BCUT2D eigenvalue weighted by molar-refractivity contribution is 5.84. The van der Waals surface area contributed by atoms with E-state index >= 15 is 0 Å². The Balaban J connectivity index is 1.58. The highest BCUT2D eigenvalue weighted by Gasteiger charge is 2.23. The average molecular weight is 372 g/mol. The van der Waals surface area contributed by atoms with Crippen LogP contribution in [-0.4, -0.2) is 16.5 Å². The molecular formula is C23H20N2O3. The lowest BCUT2D eigenvalue weighted by atomic mass is 9.91. The largest absolute Gasteiger partial charge is 0.489 e. The Morgan fingerprint density at radius 1 is 0.929 bits per heavy atom. The molecule has 0 aliphatic rings. The first kappa shape index (κ1) is 17.8. The standard InChI is InChI=1S/C23H20N2O3/c26-25(27)15-22(21-14-24-23-9-5-4-8-20(21)23)18-10-12-19(13-11-18)28-16-17-6-2-1-3-7-17/h1-14,22,24H,15-16H2/t22-/m1/s1. The Morgan fingerprint density at radius 3 is 2.39 bits per heavy atom. The van der Waals surface area contributed by atoms with Crippen molar-refractivity contribution in [3.63, 3.8) is 0 Å². The van der Waals surface area contributed by atoms with Crippen molar-refractivity contribution in [3.05, 3.63) is 112 Å². The molecule has 0 saturated heterocycles. The fraction of sp³-hybridized carbons (Fsp3) is 0.130. The van der Waals surface area contributed by atoms with E-state index in [1.165, 1.54) is 0 Å². The number of hydrogen-bond acceptors (Lipinski definition) is 3. The second-order valence-electron chi connectivity index (χ2n) is 6.70. The van der Waals surface area contributed by atoms with Crippen LogP contribution >= 0.6 is 0 Å². The monoisotopic (exact) mass is 372 g/mol. The van der Waals surface area contributed by atoms with Gasteiger partial charge in [0.1, 0.15) is 12.4 Å². The molecule has 0 amide bonds. The Morgan fingerprint density at radius 2 is 1.64 bits per heavy atom. The zero-order valence-electron chi connectivity index (χ0n) is 15.2. The van der Waals surface area contributed by atoms with E-state index in [1.54, 1.807) is 0 Å². The van der Waals surface area contributed by atoms with Crippen molar-refractivity contribution in [3.8, 4) is 5.75 Å². The van der Waals surface area contributed by atoms with Gasteiger partial charge in [0.05, 0.1) is 5.92 Å². The van der Waals surface area contributed by atoms with Gasteiger partial charge >= 0.3 is 0 Å². The van der Waals surface area contributed by atoms with Gasteiger partial charge in [-0.2, -0.15) is 0 Å². The number of benzene rings is 3. The van der Waals surface area contributed by atoms with Crippen LogP contribution in [0.1, 0.15) is 22.6 Å². The van der Waals surface area contributed by atoms with Gasteiger partial charge in [-0.1, -0.05) is 60.7 Å². The van der Waals surface area contributed by atoms with Crippen LogP contribution in [0.25, 0.3) is 10.9 Å². The van der Waals surface area contributed by atoms with Crippen LogP contribution in [0.4, 0.5) is 0 Å². The Bertz CT molecular complexity index is 1070. The van der Waals surface area contributed by atoms with Crippen LogP contribution in [0.3, 0.4) is 0 Å². The van der Waals surface area contributed by atoms with E-state index in [0.717, 1.165) is 33.3 Å². The van der Waals surface area contributed by atoms with Gasteiger partial charge in [-0.3, -0.25) is 10.1 Å². The number of nitro groups is 1. The summed E-state index contributed by atoms with van der Waals surface area (Å²) in [6.07, 6.45) is 1.87. The van der Waals surface area contributed by atoms with Gasteiger partial charge in [-0.15, -0.1) is 0 Å². The van der Waals surface area contributed by atoms with E-state index in [1.807, 2.05) is 85.1 Å². The van der Waals surface area contributed by atoms with Crippen molar-refractivity contribution >= 4 is 10.9 Å². The number of nitrogens with one attached hydrogen (secondary N) is 1. The second kappa shape index (κ2) is 7.96. The lowest BCUT2D eigenvalue weighted by Crippen LogP contribution is -2.13. The zero-order chi connectivity index (χ0) is 19.3. The van der Waals surface area contributed by atoms with E-state index in [2.05, 4.69) is 4.98 Å². The number of hydrogen-bond donors (Lipinski definition) is 1. The lowest BCUT2D eigenvalue weighted by Gasteiger charge is -2.14. The third-order valence-electron chi connectivity index (χ3n) is 4.86. The molecule has 1 heterocycles. The van der Waals surface area contributed by atoms with E-state index in [-0.39, 0.29) is 17.4 Å². The molecule has 140 valence electrons. The topological polar surface area (TPSA) is 68.2 Å². The number of fused-ring (bicyclic) bond motifs is 1. The molecule has 0 aliphatic heterocycles. The van der Waals surface area contributed by atoms with E-state index in [9.17, 15) is 10.1 Å². The maximum atomic E-state index is 11.3. The molecular weight excluding hydrogens is 352 g/mol. The predicted octanol–water partition coefficient (Wildman–Crippen LogP) is 5.16. The average Bonchev–Trinajstić information content (AvgIpc) is 3.16. The minimum atomic E-state index is -0.325. The molecule has 0 fully saturated rings. The summed E-state index contributed by atoms with van der Waals surface area (Å²) < 4.78 is 5.83. The van der Waals surface area contributed by atoms with Crippen molar-refractivity contribution in [2.75, 3.05) is 6.54 Å². The minimum Gasteiger partial charge on any atom is -0.489 e. The smallest absolute Gasteiger partial charge is 0.214 e. The van der Waals surface area contributed by atoms with Gasteiger partial charge in [-0.05, 0) is 34.9 Å². The molecule has 0 unspecified atom stereocenters. The van der Waals surface area contributed by atoms with Gasteiger partial charge < -0.3 is 9.72 Å². The molecule has 5 nitrogen and oxygen atoms in total. The summed E-state index contributed by atoms with van der Waals surface area (Å²) in [5, 5.41) is 12.3. The van der Waals surface area contributed by atoms with E-state index < -0.39 is 0 Å². The first-order valence-electron chi connectivity index (χ1n) is 9.15. The lowest BCUT2D eigenvalue weighted by molar-refractivity contribution is -0.481. The number of ether oxygens (including phenoxy) is 1. The molecule has 1 atom stereocenters. The molecule has 0 bridgehead atoms. The van der Waals surface area contributed by atoms with Gasteiger partial charge in [0, 0.05) is 22.0 Å². The molecule has 0 aliphatic carbocycles. The Kier molecular flexibility index (Phi) is 5.06. The first-order valence-corrected chi connectivity index (χ1v) is 9.15. The number of H-pyrrole nitrogens is 1. The van der Waals surface area contributed by atoms with Gasteiger partial charge in [0.15, 0.2) is 0 Å². The summed E-state index contributed by atoms with van der Waals surface area (Å²) in [6.45, 7) is 0.326.